The molecule has 0 radical (unpaired) electrons. The van der Waals surface area contributed by atoms with Gasteiger partial charge in [0.05, 0.1) is 5.25 Å². The summed E-state index contributed by atoms with van der Waals surface area (Å²) in [6, 6.07) is 6.67. The maximum atomic E-state index is 11.6. The summed E-state index contributed by atoms with van der Waals surface area (Å²) in [5.74, 6) is -0.329. The van der Waals surface area contributed by atoms with Crippen LogP contribution in [0.1, 0.15) is 6.92 Å². The van der Waals surface area contributed by atoms with Crippen LogP contribution in [-0.4, -0.2) is 24.2 Å². The number of halogens is 1. The fraction of sp³-hybridized carbons (Fsp3) is 0.273. The molecule has 1 rings (SSSR count). The van der Waals surface area contributed by atoms with E-state index in [-0.39, 0.29) is 11.2 Å². The summed E-state index contributed by atoms with van der Waals surface area (Å²) in [5.41, 5.74) is 0. The third-order valence-electron chi connectivity index (χ3n) is 1.96. The lowest BCUT2D eigenvalue weighted by atomic mass is 10.4. The summed E-state index contributed by atoms with van der Waals surface area (Å²) in [4.78, 5) is 23.4. The van der Waals surface area contributed by atoms with E-state index in [4.69, 9.17) is 11.6 Å². The van der Waals surface area contributed by atoms with Crippen molar-refractivity contribution in [1.82, 2.24) is 10.6 Å². The largest absolute Gasteiger partial charge is 0.341 e. The van der Waals surface area contributed by atoms with Gasteiger partial charge >= 0.3 is 6.03 Å². The number of imide groups is 1. The average Bonchev–Trinajstić information content (AvgIpc) is 2.31. The summed E-state index contributed by atoms with van der Waals surface area (Å²) >= 11 is 7.12. The maximum Gasteiger partial charge on any atom is 0.321 e. The summed E-state index contributed by atoms with van der Waals surface area (Å²) < 4.78 is 0. The van der Waals surface area contributed by atoms with Crippen molar-refractivity contribution in [3.05, 3.63) is 29.3 Å². The Labute approximate surface area is 109 Å². The number of nitrogens with one attached hydrogen (secondary N) is 2. The van der Waals surface area contributed by atoms with Gasteiger partial charge in [0.2, 0.25) is 5.91 Å². The molecule has 4 nitrogen and oxygen atoms in total. The molecule has 0 aliphatic carbocycles. The number of carbonyl (C=O) groups excluding carboxylic acids is 2. The van der Waals surface area contributed by atoms with Crippen LogP contribution in [0, 0.1) is 0 Å². The minimum atomic E-state index is -0.501. The summed E-state index contributed by atoms with van der Waals surface area (Å²) in [7, 11) is 1.46. The van der Waals surface area contributed by atoms with Crippen LogP contribution in [0.4, 0.5) is 4.79 Å². The highest BCUT2D eigenvalue weighted by atomic mass is 35.5. The van der Waals surface area contributed by atoms with E-state index in [0.29, 0.717) is 5.02 Å². The van der Waals surface area contributed by atoms with Crippen molar-refractivity contribution < 1.29 is 9.59 Å². The SMILES string of the molecule is CNC(=O)NC(=O)[C@@H](C)Sc1ccc(Cl)cc1. The quantitative estimate of drug-likeness (QED) is 0.830. The molecule has 1 aromatic rings. The first-order valence-corrected chi connectivity index (χ1v) is 6.23. The molecule has 17 heavy (non-hydrogen) atoms. The first-order chi connectivity index (χ1) is 8.02. The van der Waals surface area contributed by atoms with E-state index in [9.17, 15) is 9.59 Å². The molecular weight excluding hydrogens is 260 g/mol. The van der Waals surface area contributed by atoms with Crippen molar-refractivity contribution in [1.29, 1.82) is 0 Å². The van der Waals surface area contributed by atoms with Crippen molar-refractivity contribution in [2.45, 2.75) is 17.1 Å². The molecule has 1 aromatic carbocycles. The molecule has 0 aliphatic heterocycles. The van der Waals surface area contributed by atoms with Crippen molar-refractivity contribution in [3.63, 3.8) is 0 Å². The highest BCUT2D eigenvalue weighted by molar-refractivity contribution is 8.00. The third-order valence-corrected chi connectivity index (χ3v) is 3.32. The van der Waals surface area contributed by atoms with Crippen molar-refractivity contribution in [2.75, 3.05) is 7.05 Å². The van der Waals surface area contributed by atoms with E-state index in [2.05, 4.69) is 10.6 Å². The Morgan fingerprint density at radius 2 is 1.88 bits per heavy atom. The Morgan fingerprint density at radius 3 is 2.41 bits per heavy atom. The van der Waals surface area contributed by atoms with Gasteiger partial charge in [0.25, 0.3) is 0 Å². The molecule has 92 valence electrons. The van der Waals surface area contributed by atoms with Gasteiger partial charge in [0.15, 0.2) is 0 Å². The van der Waals surface area contributed by atoms with Crippen LogP contribution in [0.25, 0.3) is 0 Å². The summed E-state index contributed by atoms with van der Waals surface area (Å²) in [6.07, 6.45) is 0. The van der Waals surface area contributed by atoms with E-state index in [1.807, 2.05) is 12.1 Å². The zero-order valence-corrected chi connectivity index (χ0v) is 11.1. The summed E-state index contributed by atoms with van der Waals surface area (Å²) in [5, 5.41) is 4.85. The van der Waals surface area contributed by atoms with Gasteiger partial charge in [0.1, 0.15) is 0 Å². The van der Waals surface area contributed by atoms with Crippen molar-refractivity contribution in [2.24, 2.45) is 0 Å². The van der Waals surface area contributed by atoms with E-state index >= 15 is 0 Å². The molecule has 0 aromatic heterocycles. The smallest absolute Gasteiger partial charge is 0.321 e. The van der Waals surface area contributed by atoms with Crippen LogP contribution >= 0.6 is 23.4 Å². The second-order valence-corrected chi connectivity index (χ2v) is 5.13. The second kappa shape index (κ2) is 6.51. The lowest BCUT2D eigenvalue weighted by Crippen LogP contribution is -2.41. The number of hydrogen-bond donors (Lipinski definition) is 2. The molecule has 3 amide bonds. The zero-order chi connectivity index (χ0) is 12.8. The van der Waals surface area contributed by atoms with E-state index in [1.165, 1.54) is 18.8 Å². The van der Waals surface area contributed by atoms with Gasteiger partial charge in [-0.05, 0) is 31.2 Å². The molecule has 0 spiro atoms. The molecule has 0 bridgehead atoms. The standard InChI is InChI=1S/C11H13ClN2O2S/c1-7(10(15)14-11(16)13-2)17-9-5-3-8(12)4-6-9/h3-7H,1-2H3,(H2,13,14,15,16)/t7-/m1/s1. The molecule has 1 atom stereocenters. The molecule has 2 N–H and O–H groups in total. The zero-order valence-electron chi connectivity index (χ0n) is 9.49. The number of thioether (sulfide) groups is 1. The minimum Gasteiger partial charge on any atom is -0.341 e. The first-order valence-electron chi connectivity index (χ1n) is 4.97. The van der Waals surface area contributed by atoms with E-state index < -0.39 is 6.03 Å². The van der Waals surface area contributed by atoms with Crippen LogP contribution in [0.3, 0.4) is 0 Å². The molecule has 0 heterocycles. The number of urea groups is 1. The van der Waals surface area contributed by atoms with Crippen LogP contribution in [-0.2, 0) is 4.79 Å². The molecule has 0 saturated heterocycles. The summed E-state index contributed by atoms with van der Waals surface area (Å²) in [6.45, 7) is 1.73. The van der Waals surface area contributed by atoms with Gasteiger partial charge in [-0.15, -0.1) is 11.8 Å². The number of hydrogen-bond acceptors (Lipinski definition) is 3. The monoisotopic (exact) mass is 272 g/mol. The number of carbonyl (C=O) groups is 2. The van der Waals surface area contributed by atoms with Crippen molar-refractivity contribution in [3.8, 4) is 0 Å². The van der Waals surface area contributed by atoms with Crippen LogP contribution in [0.15, 0.2) is 29.2 Å². The fourth-order valence-electron chi connectivity index (χ4n) is 1.05. The van der Waals surface area contributed by atoms with Crippen LogP contribution < -0.4 is 10.6 Å². The maximum absolute atomic E-state index is 11.6. The number of benzene rings is 1. The topological polar surface area (TPSA) is 58.2 Å². The van der Waals surface area contributed by atoms with Gasteiger partial charge in [-0.1, -0.05) is 11.6 Å². The lowest BCUT2D eigenvalue weighted by Gasteiger charge is -2.10. The Hall–Kier alpha value is -1.20. The number of amides is 3. The third kappa shape index (κ3) is 4.66. The Bertz CT molecular complexity index is 408. The Kier molecular flexibility index (Phi) is 5.31. The van der Waals surface area contributed by atoms with Gasteiger partial charge < -0.3 is 5.32 Å². The molecule has 0 unspecified atom stereocenters. The average molecular weight is 273 g/mol. The highest BCUT2D eigenvalue weighted by Gasteiger charge is 2.16. The van der Waals surface area contributed by atoms with Crippen LogP contribution in [0.2, 0.25) is 5.02 Å². The molecular formula is C11H13ClN2O2S. The van der Waals surface area contributed by atoms with Gasteiger partial charge in [0, 0.05) is 17.0 Å². The minimum absolute atomic E-state index is 0.329. The lowest BCUT2D eigenvalue weighted by molar-refractivity contribution is -0.119. The van der Waals surface area contributed by atoms with Gasteiger partial charge in [-0.25, -0.2) is 4.79 Å². The normalized spacial score (nSPS) is 11.7. The van der Waals surface area contributed by atoms with Crippen LogP contribution in [0.5, 0.6) is 0 Å². The molecule has 0 saturated carbocycles. The van der Waals surface area contributed by atoms with Crippen molar-refractivity contribution >= 4 is 35.3 Å². The predicted molar refractivity (Wildman–Crippen MR) is 69.4 cm³/mol. The predicted octanol–water partition coefficient (Wildman–Crippen LogP) is 2.28. The fourth-order valence-corrected chi connectivity index (χ4v) is 2.04. The Balaban J connectivity index is 2.54. The van der Waals surface area contributed by atoms with E-state index in [0.717, 1.165) is 4.90 Å². The van der Waals surface area contributed by atoms with Gasteiger partial charge in [-0.3, -0.25) is 10.1 Å². The van der Waals surface area contributed by atoms with Gasteiger partial charge in [-0.2, -0.15) is 0 Å². The number of rotatable bonds is 3. The first kappa shape index (κ1) is 13.9. The molecule has 0 fully saturated rings. The Morgan fingerprint density at radius 1 is 1.29 bits per heavy atom. The molecule has 6 heteroatoms. The molecule has 0 aliphatic rings. The van der Waals surface area contributed by atoms with E-state index in [1.54, 1.807) is 19.1 Å². The highest BCUT2D eigenvalue weighted by Crippen LogP contribution is 2.24. The second-order valence-electron chi connectivity index (χ2n) is 3.28.